The molecule has 1 saturated heterocycles. The molecular weight excluding hydrogens is 216 g/mol. The van der Waals surface area contributed by atoms with Crippen molar-refractivity contribution in [3.05, 3.63) is 0 Å². The van der Waals surface area contributed by atoms with Crippen LogP contribution in [0.4, 0.5) is 0 Å². The maximum Gasteiger partial charge on any atom is 0.222 e. The predicted molar refractivity (Wildman–Crippen MR) is 68.8 cm³/mol. The number of hydrogen-bond donors (Lipinski definition) is 1. The van der Waals surface area contributed by atoms with Crippen molar-refractivity contribution in [3.63, 3.8) is 0 Å². The van der Waals surface area contributed by atoms with Gasteiger partial charge in [-0.1, -0.05) is 6.92 Å². The molecular formula is C13H26N2O2. The number of amides is 1. The third kappa shape index (κ3) is 4.64. The number of aliphatic hydroxyl groups is 1. The number of carbonyl (C=O) groups is 1. The summed E-state index contributed by atoms with van der Waals surface area (Å²) in [5.74, 6) is 0.613. The van der Waals surface area contributed by atoms with E-state index in [0.29, 0.717) is 12.3 Å². The molecule has 1 aliphatic heterocycles. The normalized spacial score (nSPS) is 25.9. The van der Waals surface area contributed by atoms with Crippen molar-refractivity contribution in [2.75, 3.05) is 33.7 Å². The van der Waals surface area contributed by atoms with Crippen LogP contribution >= 0.6 is 0 Å². The fraction of sp³-hybridized carbons (Fsp3) is 0.923. The van der Waals surface area contributed by atoms with E-state index in [0.717, 1.165) is 38.9 Å². The maximum atomic E-state index is 11.4. The van der Waals surface area contributed by atoms with Crippen LogP contribution in [0.1, 0.15) is 32.6 Å². The van der Waals surface area contributed by atoms with Crippen LogP contribution in [0, 0.1) is 5.92 Å². The SMILES string of the molecule is CCC1CN(CCCC(=O)N(C)C)CCC1O. The number of hydrogen-bond acceptors (Lipinski definition) is 3. The summed E-state index contributed by atoms with van der Waals surface area (Å²) >= 11 is 0. The van der Waals surface area contributed by atoms with Gasteiger partial charge in [0.2, 0.25) is 5.91 Å². The van der Waals surface area contributed by atoms with Crippen LogP contribution in [0.5, 0.6) is 0 Å². The highest BCUT2D eigenvalue weighted by atomic mass is 16.3. The average molecular weight is 242 g/mol. The molecule has 1 heterocycles. The van der Waals surface area contributed by atoms with Crippen LogP contribution in [0.15, 0.2) is 0 Å². The largest absolute Gasteiger partial charge is 0.393 e. The number of nitrogens with zero attached hydrogens (tertiary/aromatic N) is 2. The van der Waals surface area contributed by atoms with Gasteiger partial charge < -0.3 is 14.9 Å². The van der Waals surface area contributed by atoms with Gasteiger partial charge in [0.15, 0.2) is 0 Å². The lowest BCUT2D eigenvalue weighted by Gasteiger charge is -2.35. The van der Waals surface area contributed by atoms with Crippen LogP contribution in [-0.2, 0) is 4.79 Å². The molecule has 1 aliphatic rings. The van der Waals surface area contributed by atoms with E-state index in [-0.39, 0.29) is 12.0 Å². The number of rotatable bonds is 5. The fourth-order valence-electron chi connectivity index (χ4n) is 2.38. The average Bonchev–Trinajstić information content (AvgIpc) is 2.31. The molecule has 0 saturated carbocycles. The van der Waals surface area contributed by atoms with Gasteiger partial charge in [0, 0.05) is 33.6 Å². The Morgan fingerprint density at radius 1 is 1.47 bits per heavy atom. The van der Waals surface area contributed by atoms with Gasteiger partial charge in [0.1, 0.15) is 0 Å². The summed E-state index contributed by atoms with van der Waals surface area (Å²) < 4.78 is 0. The smallest absolute Gasteiger partial charge is 0.222 e. The van der Waals surface area contributed by atoms with Gasteiger partial charge in [-0.25, -0.2) is 0 Å². The Morgan fingerprint density at radius 2 is 2.18 bits per heavy atom. The van der Waals surface area contributed by atoms with Crippen molar-refractivity contribution < 1.29 is 9.90 Å². The van der Waals surface area contributed by atoms with E-state index in [1.54, 1.807) is 19.0 Å². The monoisotopic (exact) mass is 242 g/mol. The highest BCUT2D eigenvalue weighted by molar-refractivity contribution is 5.75. The van der Waals surface area contributed by atoms with Crippen molar-refractivity contribution in [2.45, 2.75) is 38.7 Å². The maximum absolute atomic E-state index is 11.4. The van der Waals surface area contributed by atoms with E-state index in [2.05, 4.69) is 11.8 Å². The van der Waals surface area contributed by atoms with Gasteiger partial charge >= 0.3 is 0 Å². The van der Waals surface area contributed by atoms with Crippen molar-refractivity contribution in [1.82, 2.24) is 9.80 Å². The number of aliphatic hydroxyl groups excluding tert-OH is 1. The molecule has 0 aromatic carbocycles. The van der Waals surface area contributed by atoms with Gasteiger partial charge in [-0.05, 0) is 31.7 Å². The first-order valence-electron chi connectivity index (χ1n) is 6.65. The first kappa shape index (κ1) is 14.5. The summed E-state index contributed by atoms with van der Waals surface area (Å²) in [6.07, 6.45) is 3.33. The number of likely N-dealkylation sites (tertiary alicyclic amines) is 1. The summed E-state index contributed by atoms with van der Waals surface area (Å²) in [5, 5.41) is 9.79. The van der Waals surface area contributed by atoms with Gasteiger partial charge in [0.25, 0.3) is 0 Å². The topological polar surface area (TPSA) is 43.8 Å². The Hall–Kier alpha value is -0.610. The van der Waals surface area contributed by atoms with Crippen LogP contribution in [0.3, 0.4) is 0 Å². The lowest BCUT2D eigenvalue weighted by molar-refractivity contribution is -0.128. The molecule has 1 amide bonds. The Bertz CT molecular complexity index is 244. The van der Waals surface area contributed by atoms with Gasteiger partial charge in [-0.3, -0.25) is 4.79 Å². The lowest BCUT2D eigenvalue weighted by atomic mass is 9.92. The predicted octanol–water partition coefficient (Wildman–Crippen LogP) is 0.948. The summed E-state index contributed by atoms with van der Waals surface area (Å²) in [6.45, 7) is 5.05. The van der Waals surface area contributed by atoms with Crippen molar-refractivity contribution in [3.8, 4) is 0 Å². The summed E-state index contributed by atoms with van der Waals surface area (Å²) in [7, 11) is 3.60. The zero-order chi connectivity index (χ0) is 12.8. The number of carbonyl (C=O) groups excluding carboxylic acids is 1. The second kappa shape index (κ2) is 6.97. The standard InChI is InChI=1S/C13H26N2O2/c1-4-11-10-15(9-7-12(11)16)8-5-6-13(17)14(2)3/h11-12,16H,4-10H2,1-3H3. The quantitative estimate of drug-likeness (QED) is 0.780. The third-order valence-electron chi connectivity index (χ3n) is 3.67. The Labute approximate surface area is 105 Å². The third-order valence-corrected chi connectivity index (χ3v) is 3.67. The van der Waals surface area contributed by atoms with Crippen LogP contribution in [-0.4, -0.2) is 60.6 Å². The Kier molecular flexibility index (Phi) is 5.92. The minimum Gasteiger partial charge on any atom is -0.393 e. The van der Waals surface area contributed by atoms with E-state index >= 15 is 0 Å². The second-order valence-corrected chi connectivity index (χ2v) is 5.22. The van der Waals surface area contributed by atoms with Gasteiger partial charge in [-0.15, -0.1) is 0 Å². The van der Waals surface area contributed by atoms with E-state index in [1.165, 1.54) is 0 Å². The van der Waals surface area contributed by atoms with E-state index in [9.17, 15) is 9.90 Å². The molecule has 1 rings (SSSR count). The van der Waals surface area contributed by atoms with E-state index in [1.807, 2.05) is 0 Å². The van der Waals surface area contributed by atoms with E-state index < -0.39 is 0 Å². The Balaban J connectivity index is 2.22. The molecule has 0 bridgehead atoms. The molecule has 0 aromatic rings. The van der Waals surface area contributed by atoms with Gasteiger partial charge in [0.05, 0.1) is 6.10 Å². The van der Waals surface area contributed by atoms with Crippen LogP contribution in [0.25, 0.3) is 0 Å². The highest BCUT2D eigenvalue weighted by Crippen LogP contribution is 2.20. The Morgan fingerprint density at radius 3 is 2.76 bits per heavy atom. The molecule has 100 valence electrons. The first-order chi connectivity index (χ1) is 8.04. The second-order valence-electron chi connectivity index (χ2n) is 5.22. The number of piperidine rings is 1. The molecule has 2 atom stereocenters. The fourth-order valence-corrected chi connectivity index (χ4v) is 2.38. The minimum absolute atomic E-state index is 0.125. The molecule has 0 aromatic heterocycles. The molecule has 0 aliphatic carbocycles. The van der Waals surface area contributed by atoms with Crippen molar-refractivity contribution >= 4 is 5.91 Å². The highest BCUT2D eigenvalue weighted by Gasteiger charge is 2.25. The minimum atomic E-state index is -0.125. The molecule has 17 heavy (non-hydrogen) atoms. The van der Waals surface area contributed by atoms with E-state index in [4.69, 9.17) is 0 Å². The molecule has 0 spiro atoms. The molecule has 0 radical (unpaired) electrons. The zero-order valence-electron chi connectivity index (χ0n) is 11.4. The van der Waals surface area contributed by atoms with Crippen molar-refractivity contribution in [2.24, 2.45) is 5.92 Å². The summed E-state index contributed by atoms with van der Waals surface area (Å²) in [6, 6.07) is 0. The lowest BCUT2D eigenvalue weighted by Crippen LogP contribution is -2.43. The molecule has 4 nitrogen and oxygen atoms in total. The first-order valence-corrected chi connectivity index (χ1v) is 6.65. The van der Waals surface area contributed by atoms with Crippen molar-refractivity contribution in [1.29, 1.82) is 0 Å². The molecule has 1 N–H and O–H groups in total. The molecule has 4 heteroatoms. The van der Waals surface area contributed by atoms with Gasteiger partial charge in [-0.2, -0.15) is 0 Å². The summed E-state index contributed by atoms with van der Waals surface area (Å²) in [5.41, 5.74) is 0. The molecule has 1 fully saturated rings. The molecule has 2 unspecified atom stereocenters. The van der Waals surface area contributed by atoms with Crippen LogP contribution in [0.2, 0.25) is 0 Å². The van der Waals surface area contributed by atoms with Crippen LogP contribution < -0.4 is 0 Å². The zero-order valence-corrected chi connectivity index (χ0v) is 11.4. The summed E-state index contributed by atoms with van der Waals surface area (Å²) in [4.78, 5) is 15.5.